The largest absolute Gasteiger partial charge is 0.376 e. The van der Waals surface area contributed by atoms with Crippen molar-refractivity contribution in [2.75, 3.05) is 31.1 Å². The molecule has 3 nitrogen and oxygen atoms in total. The number of para-hydroxylation sites is 2. The highest BCUT2D eigenvalue weighted by Gasteiger charge is 2.31. The van der Waals surface area contributed by atoms with E-state index in [0.717, 1.165) is 30.1 Å². The molecule has 5 heteroatoms. The monoisotopic (exact) mass is 439 g/mol. The normalized spacial score (nSPS) is 17.0. The molecule has 1 fully saturated rings. The van der Waals surface area contributed by atoms with E-state index >= 15 is 0 Å². The summed E-state index contributed by atoms with van der Waals surface area (Å²) in [5, 5.41) is 3.52. The second-order valence-corrected chi connectivity index (χ2v) is 10.4. The van der Waals surface area contributed by atoms with Crippen LogP contribution in [0.3, 0.4) is 0 Å². The first kappa shape index (κ1) is 21.7. The first-order valence-electron chi connectivity index (χ1n) is 11.2. The van der Waals surface area contributed by atoms with Gasteiger partial charge < -0.3 is 15.1 Å². The molecule has 2 aromatic rings. The number of nitrogens with zero attached hydrogens (tertiary/aromatic N) is 2. The van der Waals surface area contributed by atoms with Crippen LogP contribution in [0.15, 0.2) is 52.3 Å². The molecule has 0 bridgehead atoms. The van der Waals surface area contributed by atoms with Crippen molar-refractivity contribution in [3.8, 4) is 0 Å². The van der Waals surface area contributed by atoms with Gasteiger partial charge in [0.2, 0.25) is 0 Å². The number of rotatable bonds is 7. The first-order chi connectivity index (χ1) is 14.5. The maximum atomic E-state index is 5.88. The maximum absolute atomic E-state index is 5.88. The van der Waals surface area contributed by atoms with E-state index in [1.807, 2.05) is 11.8 Å². The molecule has 4 rings (SSSR count). The third-order valence-electron chi connectivity index (χ3n) is 6.00. The minimum atomic E-state index is 0.378. The van der Waals surface area contributed by atoms with Crippen LogP contribution in [-0.2, 0) is 0 Å². The smallest absolute Gasteiger partial charge is 0.108 e. The Bertz CT molecular complexity index is 890. The Morgan fingerprint density at radius 1 is 1.03 bits per heavy atom. The molecule has 0 saturated carbocycles. The molecule has 160 valence electrons. The van der Waals surface area contributed by atoms with Gasteiger partial charge in [-0.15, -0.1) is 0 Å². The molecule has 2 aliphatic rings. The van der Waals surface area contributed by atoms with Crippen LogP contribution >= 0.6 is 24.0 Å². The summed E-state index contributed by atoms with van der Waals surface area (Å²) in [7, 11) is 0. The van der Waals surface area contributed by atoms with Gasteiger partial charge in [0.1, 0.15) is 4.99 Å². The van der Waals surface area contributed by atoms with Crippen molar-refractivity contribution >= 4 is 40.3 Å². The van der Waals surface area contributed by atoms with Crippen LogP contribution in [0.1, 0.15) is 45.6 Å². The summed E-state index contributed by atoms with van der Waals surface area (Å²) in [6.07, 6.45) is 3.78. The van der Waals surface area contributed by atoms with Crippen molar-refractivity contribution < 1.29 is 0 Å². The molecule has 2 aliphatic heterocycles. The second-order valence-electron chi connectivity index (χ2n) is 8.89. The number of fused-ring (bicyclic) bond motifs is 2. The molecule has 30 heavy (non-hydrogen) atoms. The van der Waals surface area contributed by atoms with Gasteiger partial charge in [-0.2, -0.15) is 0 Å². The van der Waals surface area contributed by atoms with Gasteiger partial charge in [0.05, 0.1) is 11.4 Å². The lowest BCUT2D eigenvalue weighted by Crippen LogP contribution is -2.41. The van der Waals surface area contributed by atoms with E-state index in [9.17, 15) is 0 Å². The second kappa shape index (κ2) is 9.71. The van der Waals surface area contributed by atoms with Crippen molar-refractivity contribution in [2.24, 2.45) is 5.92 Å². The minimum Gasteiger partial charge on any atom is -0.376 e. The average molecular weight is 440 g/mol. The molecule has 1 N–H and O–H groups in total. The van der Waals surface area contributed by atoms with Crippen molar-refractivity contribution in [1.82, 2.24) is 10.2 Å². The fourth-order valence-corrected chi connectivity index (χ4v) is 5.84. The fraction of sp³-hybridized carbons (Fsp3) is 0.480. The molecule has 0 radical (unpaired) electrons. The predicted octanol–water partition coefficient (Wildman–Crippen LogP) is 6.08. The predicted molar refractivity (Wildman–Crippen MR) is 133 cm³/mol. The van der Waals surface area contributed by atoms with E-state index in [0.29, 0.717) is 12.0 Å². The van der Waals surface area contributed by atoms with E-state index in [1.54, 1.807) is 0 Å². The Morgan fingerprint density at radius 2 is 1.77 bits per heavy atom. The molecule has 1 unspecified atom stereocenters. The lowest BCUT2D eigenvalue weighted by Gasteiger charge is -2.40. The summed E-state index contributed by atoms with van der Waals surface area (Å²) in [5.74, 6) is 0.671. The topological polar surface area (TPSA) is 18.5 Å². The fourth-order valence-electron chi connectivity index (χ4n) is 4.47. The van der Waals surface area contributed by atoms with E-state index in [4.69, 9.17) is 12.2 Å². The molecule has 0 spiro atoms. The van der Waals surface area contributed by atoms with Crippen LogP contribution in [-0.4, -0.2) is 42.1 Å². The SMILES string of the molecule is CC(C)CCNC(=S)c1cccc2c1N(C(C)CN1CCCC1)c1ccccc1S2. The number of nitrogens with one attached hydrogen (secondary N) is 1. The van der Waals surface area contributed by atoms with E-state index in [2.05, 4.69) is 78.4 Å². The third-order valence-corrected chi connectivity index (χ3v) is 7.48. The zero-order valence-corrected chi connectivity index (χ0v) is 20.0. The Morgan fingerprint density at radius 3 is 2.53 bits per heavy atom. The van der Waals surface area contributed by atoms with Crippen molar-refractivity contribution in [3.63, 3.8) is 0 Å². The van der Waals surface area contributed by atoms with E-state index in [-0.39, 0.29) is 0 Å². The zero-order valence-electron chi connectivity index (χ0n) is 18.4. The highest BCUT2D eigenvalue weighted by Crippen LogP contribution is 2.50. The first-order valence-corrected chi connectivity index (χ1v) is 12.5. The van der Waals surface area contributed by atoms with Gasteiger partial charge in [0, 0.05) is 34.5 Å². The molecule has 0 aromatic heterocycles. The summed E-state index contributed by atoms with van der Waals surface area (Å²) in [6.45, 7) is 11.3. The quantitative estimate of drug-likeness (QED) is 0.525. The number of benzene rings is 2. The highest BCUT2D eigenvalue weighted by atomic mass is 32.2. The van der Waals surface area contributed by atoms with Crippen LogP contribution in [0.2, 0.25) is 0 Å². The summed E-state index contributed by atoms with van der Waals surface area (Å²) >= 11 is 7.75. The van der Waals surface area contributed by atoms with Gasteiger partial charge in [0.15, 0.2) is 0 Å². The number of likely N-dealkylation sites (tertiary alicyclic amines) is 1. The van der Waals surface area contributed by atoms with Crippen LogP contribution in [0.25, 0.3) is 0 Å². The number of hydrogen-bond acceptors (Lipinski definition) is 4. The van der Waals surface area contributed by atoms with Gasteiger partial charge in [-0.25, -0.2) is 0 Å². The number of anilines is 2. The van der Waals surface area contributed by atoms with Crippen molar-refractivity contribution in [1.29, 1.82) is 0 Å². The summed E-state index contributed by atoms with van der Waals surface area (Å²) in [5.41, 5.74) is 3.73. The third kappa shape index (κ3) is 4.68. The lowest BCUT2D eigenvalue weighted by atomic mass is 10.1. The van der Waals surface area contributed by atoms with Crippen LogP contribution < -0.4 is 10.2 Å². The molecule has 0 aliphatic carbocycles. The number of hydrogen-bond donors (Lipinski definition) is 1. The maximum Gasteiger partial charge on any atom is 0.108 e. The number of thiocarbonyl (C=S) groups is 1. The summed E-state index contributed by atoms with van der Waals surface area (Å²) < 4.78 is 0. The zero-order chi connectivity index (χ0) is 21.1. The van der Waals surface area contributed by atoms with E-state index < -0.39 is 0 Å². The van der Waals surface area contributed by atoms with E-state index in [1.165, 1.54) is 47.1 Å². The molecule has 0 amide bonds. The Hall–Kier alpha value is -1.56. The highest BCUT2D eigenvalue weighted by molar-refractivity contribution is 7.99. The molecular weight excluding hydrogens is 406 g/mol. The molecule has 1 atom stereocenters. The van der Waals surface area contributed by atoms with Crippen molar-refractivity contribution in [2.45, 2.75) is 55.9 Å². The average Bonchev–Trinajstić information content (AvgIpc) is 3.24. The molecule has 1 saturated heterocycles. The van der Waals surface area contributed by atoms with Crippen LogP contribution in [0.5, 0.6) is 0 Å². The van der Waals surface area contributed by atoms with Crippen LogP contribution in [0, 0.1) is 5.92 Å². The van der Waals surface area contributed by atoms with Gasteiger partial charge in [-0.1, -0.05) is 56.0 Å². The summed E-state index contributed by atoms with van der Waals surface area (Å²) in [4.78, 5) is 8.65. The molecule has 2 aromatic carbocycles. The molecule has 2 heterocycles. The van der Waals surface area contributed by atoms with Gasteiger partial charge >= 0.3 is 0 Å². The van der Waals surface area contributed by atoms with Crippen molar-refractivity contribution in [3.05, 3.63) is 48.0 Å². The van der Waals surface area contributed by atoms with Gasteiger partial charge in [0.25, 0.3) is 0 Å². The Kier molecular flexibility index (Phi) is 7.01. The Balaban J connectivity index is 1.68. The standard InChI is InChI=1S/C25H33N3S2/c1-18(2)13-14-26-25(29)20-9-8-12-23-24(20)28(19(3)17-27-15-6-7-16-27)21-10-4-5-11-22(21)30-23/h4-5,8-12,18-19H,6-7,13-17H2,1-3H3,(H,26,29). The molecular formula is C25H33N3S2. The van der Waals surface area contributed by atoms with Crippen LogP contribution in [0.4, 0.5) is 11.4 Å². The van der Waals surface area contributed by atoms with Gasteiger partial charge in [-0.05, 0) is 69.5 Å². The van der Waals surface area contributed by atoms with Gasteiger partial charge in [-0.3, -0.25) is 0 Å². The Labute approximate surface area is 191 Å². The summed E-state index contributed by atoms with van der Waals surface area (Å²) in [6, 6.07) is 15.8. The minimum absolute atomic E-state index is 0.378. The lowest BCUT2D eigenvalue weighted by molar-refractivity contribution is 0.319.